The number of phenolic OH excluding ortho intramolecular Hbond substituents is 1. The Morgan fingerprint density at radius 2 is 1.71 bits per heavy atom. The van der Waals surface area contributed by atoms with E-state index in [4.69, 9.17) is 4.74 Å². The summed E-state index contributed by atoms with van der Waals surface area (Å²) in [6.45, 7) is 3.78. The van der Waals surface area contributed by atoms with Crippen LogP contribution in [0.5, 0.6) is 5.75 Å². The van der Waals surface area contributed by atoms with Crippen LogP contribution in [0.2, 0.25) is 0 Å². The average Bonchev–Trinajstić information content (AvgIpc) is 2.64. The number of nitrogens with zero attached hydrogens (tertiary/aromatic N) is 2. The first-order valence-electron chi connectivity index (χ1n) is 8.56. The molecule has 24 heavy (non-hydrogen) atoms. The summed E-state index contributed by atoms with van der Waals surface area (Å²) in [6, 6.07) is 6.92. The Morgan fingerprint density at radius 1 is 1.04 bits per heavy atom. The first-order valence-corrected chi connectivity index (χ1v) is 8.56. The third-order valence-corrected chi connectivity index (χ3v) is 4.85. The molecule has 0 radical (unpaired) electrons. The van der Waals surface area contributed by atoms with Crippen molar-refractivity contribution in [3.63, 3.8) is 0 Å². The largest absolute Gasteiger partial charge is 0.508 e. The third-order valence-electron chi connectivity index (χ3n) is 4.85. The zero-order chi connectivity index (χ0) is 16.9. The topological polar surface area (TPSA) is 70.1 Å². The summed E-state index contributed by atoms with van der Waals surface area (Å²) in [6.07, 6.45) is 1.63. The van der Waals surface area contributed by atoms with Crippen LogP contribution in [0.15, 0.2) is 24.3 Å². The summed E-state index contributed by atoms with van der Waals surface area (Å²) in [7, 11) is 0. The van der Waals surface area contributed by atoms with Gasteiger partial charge in [-0.15, -0.1) is 0 Å². The lowest BCUT2D eigenvalue weighted by Gasteiger charge is -2.35. The number of morpholine rings is 1. The van der Waals surface area contributed by atoms with E-state index in [9.17, 15) is 14.7 Å². The van der Waals surface area contributed by atoms with Crippen molar-refractivity contribution >= 4 is 11.8 Å². The van der Waals surface area contributed by atoms with Gasteiger partial charge in [-0.2, -0.15) is 0 Å². The maximum Gasteiger partial charge on any atom is 0.227 e. The first-order chi connectivity index (χ1) is 11.6. The summed E-state index contributed by atoms with van der Waals surface area (Å²) in [4.78, 5) is 28.6. The van der Waals surface area contributed by atoms with E-state index < -0.39 is 0 Å². The number of phenols is 1. The van der Waals surface area contributed by atoms with Crippen molar-refractivity contribution in [2.45, 2.75) is 19.3 Å². The number of likely N-dealkylation sites (tertiary alicyclic amines) is 1. The molecule has 3 rings (SSSR count). The molecule has 0 spiro atoms. The number of ether oxygens (including phenoxy) is 1. The molecule has 2 heterocycles. The predicted molar refractivity (Wildman–Crippen MR) is 88.5 cm³/mol. The number of carbonyl (C=O) groups excluding carboxylic acids is 2. The minimum Gasteiger partial charge on any atom is -0.508 e. The Balaban J connectivity index is 1.50. The first kappa shape index (κ1) is 16.8. The molecule has 2 amide bonds. The SMILES string of the molecule is O=C(Cc1ccccc1O)N1CCC(C(=O)N2CCOCC2)CC1. The minimum absolute atomic E-state index is 0.00812. The molecule has 1 aromatic carbocycles. The van der Waals surface area contributed by atoms with Gasteiger partial charge < -0.3 is 19.6 Å². The second-order valence-corrected chi connectivity index (χ2v) is 6.40. The Bertz CT molecular complexity index is 590. The number of benzene rings is 1. The number of rotatable bonds is 3. The second kappa shape index (κ2) is 7.66. The molecule has 0 aliphatic carbocycles. The number of aromatic hydroxyl groups is 1. The Morgan fingerprint density at radius 3 is 2.38 bits per heavy atom. The van der Waals surface area contributed by atoms with E-state index in [1.54, 1.807) is 23.1 Å². The van der Waals surface area contributed by atoms with Crippen LogP contribution in [0.1, 0.15) is 18.4 Å². The highest BCUT2D eigenvalue weighted by molar-refractivity contribution is 5.81. The molecule has 0 aromatic heterocycles. The van der Waals surface area contributed by atoms with Gasteiger partial charge in [0.15, 0.2) is 0 Å². The zero-order valence-electron chi connectivity index (χ0n) is 13.8. The molecule has 2 aliphatic rings. The lowest BCUT2D eigenvalue weighted by molar-refractivity contribution is -0.143. The number of hydrogen-bond acceptors (Lipinski definition) is 4. The fourth-order valence-electron chi connectivity index (χ4n) is 3.35. The molecule has 0 unspecified atom stereocenters. The van der Waals surface area contributed by atoms with Gasteiger partial charge in [-0.05, 0) is 18.9 Å². The molecular formula is C18H24N2O4. The van der Waals surface area contributed by atoms with E-state index in [0.717, 1.165) is 0 Å². The highest BCUT2D eigenvalue weighted by Crippen LogP contribution is 2.22. The van der Waals surface area contributed by atoms with E-state index in [1.807, 2.05) is 11.0 Å². The maximum absolute atomic E-state index is 12.5. The van der Waals surface area contributed by atoms with E-state index in [-0.39, 0.29) is 29.9 Å². The van der Waals surface area contributed by atoms with Crippen LogP contribution in [-0.2, 0) is 20.7 Å². The lowest BCUT2D eigenvalue weighted by atomic mass is 9.94. The number of hydrogen-bond donors (Lipinski definition) is 1. The van der Waals surface area contributed by atoms with Crippen LogP contribution in [-0.4, -0.2) is 66.1 Å². The molecule has 1 N–H and O–H groups in total. The van der Waals surface area contributed by atoms with Gasteiger partial charge in [0.25, 0.3) is 0 Å². The minimum atomic E-state index is 0.00812. The predicted octanol–water partition coefficient (Wildman–Crippen LogP) is 1.03. The molecule has 2 saturated heterocycles. The molecule has 0 saturated carbocycles. The zero-order valence-corrected chi connectivity index (χ0v) is 13.8. The van der Waals surface area contributed by atoms with Gasteiger partial charge >= 0.3 is 0 Å². The van der Waals surface area contributed by atoms with Crippen LogP contribution in [0.4, 0.5) is 0 Å². The van der Waals surface area contributed by atoms with E-state index in [0.29, 0.717) is 57.8 Å². The molecule has 0 bridgehead atoms. The monoisotopic (exact) mass is 332 g/mol. The van der Waals surface area contributed by atoms with Crippen LogP contribution >= 0.6 is 0 Å². The highest BCUT2D eigenvalue weighted by atomic mass is 16.5. The molecule has 2 aliphatic heterocycles. The highest BCUT2D eigenvalue weighted by Gasteiger charge is 2.30. The molecule has 0 atom stereocenters. The van der Waals surface area contributed by atoms with Crippen molar-refractivity contribution in [1.29, 1.82) is 0 Å². The Hall–Kier alpha value is -2.08. The van der Waals surface area contributed by atoms with E-state index in [1.165, 1.54) is 0 Å². The van der Waals surface area contributed by atoms with Crippen LogP contribution < -0.4 is 0 Å². The summed E-state index contributed by atoms with van der Waals surface area (Å²) >= 11 is 0. The van der Waals surface area contributed by atoms with Gasteiger partial charge in [-0.3, -0.25) is 9.59 Å². The van der Waals surface area contributed by atoms with Gasteiger partial charge in [0, 0.05) is 37.7 Å². The quantitative estimate of drug-likeness (QED) is 0.898. The number of amides is 2. The molecule has 2 fully saturated rings. The molecular weight excluding hydrogens is 308 g/mol. The summed E-state index contributed by atoms with van der Waals surface area (Å²) in [5.41, 5.74) is 0.647. The molecule has 130 valence electrons. The second-order valence-electron chi connectivity index (χ2n) is 6.40. The van der Waals surface area contributed by atoms with Gasteiger partial charge in [0.2, 0.25) is 11.8 Å². The van der Waals surface area contributed by atoms with Crippen molar-refractivity contribution in [2.24, 2.45) is 5.92 Å². The smallest absolute Gasteiger partial charge is 0.227 e. The van der Waals surface area contributed by atoms with Crippen molar-refractivity contribution < 1.29 is 19.4 Å². The van der Waals surface area contributed by atoms with Crippen LogP contribution in [0, 0.1) is 5.92 Å². The van der Waals surface area contributed by atoms with Crippen molar-refractivity contribution in [3.05, 3.63) is 29.8 Å². The standard InChI is InChI=1S/C18H24N2O4/c21-16-4-2-1-3-15(16)13-17(22)19-7-5-14(6-8-19)18(23)20-9-11-24-12-10-20/h1-4,14,21H,5-13H2. The number of para-hydroxylation sites is 1. The fourth-order valence-corrected chi connectivity index (χ4v) is 3.35. The van der Waals surface area contributed by atoms with Crippen LogP contribution in [0.25, 0.3) is 0 Å². The van der Waals surface area contributed by atoms with Gasteiger partial charge in [-0.1, -0.05) is 18.2 Å². The summed E-state index contributed by atoms with van der Waals surface area (Å²) in [5, 5.41) is 9.79. The number of piperidine rings is 1. The lowest BCUT2D eigenvalue weighted by Crippen LogP contribution is -2.47. The van der Waals surface area contributed by atoms with Crippen LogP contribution in [0.3, 0.4) is 0 Å². The Kier molecular flexibility index (Phi) is 5.35. The Labute approximate surface area is 142 Å². The van der Waals surface area contributed by atoms with Crippen molar-refractivity contribution in [1.82, 2.24) is 9.80 Å². The fraction of sp³-hybridized carbons (Fsp3) is 0.556. The maximum atomic E-state index is 12.5. The third kappa shape index (κ3) is 3.87. The molecule has 6 heteroatoms. The normalized spacial score (nSPS) is 19.3. The van der Waals surface area contributed by atoms with Gasteiger partial charge in [0.05, 0.1) is 19.6 Å². The number of carbonyl (C=O) groups is 2. The van der Waals surface area contributed by atoms with Gasteiger partial charge in [0.1, 0.15) is 5.75 Å². The summed E-state index contributed by atoms with van der Waals surface area (Å²) < 4.78 is 5.28. The van der Waals surface area contributed by atoms with E-state index in [2.05, 4.69) is 0 Å². The summed E-state index contributed by atoms with van der Waals surface area (Å²) in [5.74, 6) is 0.375. The molecule has 6 nitrogen and oxygen atoms in total. The average molecular weight is 332 g/mol. The van der Waals surface area contributed by atoms with Crippen molar-refractivity contribution in [2.75, 3.05) is 39.4 Å². The van der Waals surface area contributed by atoms with Gasteiger partial charge in [-0.25, -0.2) is 0 Å². The molecule has 1 aromatic rings. The van der Waals surface area contributed by atoms with Crippen molar-refractivity contribution in [3.8, 4) is 5.75 Å². The van der Waals surface area contributed by atoms with E-state index >= 15 is 0 Å².